The van der Waals surface area contributed by atoms with E-state index < -0.39 is 21.5 Å². The molecule has 1 aliphatic heterocycles. The largest absolute Gasteiger partial charge is 0.497 e. The first-order valence-electron chi connectivity index (χ1n) is 17.9. The second-order valence-corrected chi connectivity index (χ2v) is 17.2. The Kier molecular flexibility index (Phi) is 8.85. The van der Waals surface area contributed by atoms with Crippen molar-refractivity contribution in [1.29, 1.82) is 0 Å². The molecule has 4 atom stereocenters. The van der Waals surface area contributed by atoms with E-state index in [4.69, 9.17) is 4.74 Å². The minimum atomic E-state index is -3.97. The van der Waals surface area contributed by atoms with E-state index in [0.717, 1.165) is 76.3 Å². The molecular formula is C38H51N5O5S. The Morgan fingerprint density at radius 3 is 2.27 bits per heavy atom. The van der Waals surface area contributed by atoms with Crippen LogP contribution >= 0.6 is 0 Å². The molecule has 4 aliphatic rings. The number of amides is 2. The fourth-order valence-corrected chi connectivity index (χ4v) is 9.87. The smallest absolute Gasteiger partial charge is 0.303 e. The van der Waals surface area contributed by atoms with E-state index in [9.17, 15) is 13.2 Å². The fraction of sp³-hybridized carbons (Fsp3) is 0.579. The first-order chi connectivity index (χ1) is 23.4. The zero-order valence-corrected chi connectivity index (χ0v) is 30.6. The van der Waals surface area contributed by atoms with E-state index in [0.29, 0.717) is 18.5 Å². The minimum Gasteiger partial charge on any atom is -0.497 e. The van der Waals surface area contributed by atoms with Gasteiger partial charge in [0, 0.05) is 67.7 Å². The zero-order chi connectivity index (χ0) is 34.8. The Bertz CT molecular complexity index is 1900. The maximum atomic E-state index is 15.0. The molecule has 7 rings (SSSR count). The number of rotatable bonds is 8. The number of hydrogen-bond acceptors (Lipinski definition) is 6. The monoisotopic (exact) mass is 689 g/mol. The molecule has 3 aromatic rings. The van der Waals surface area contributed by atoms with Gasteiger partial charge in [0.25, 0.3) is 5.91 Å². The molecule has 2 aromatic carbocycles. The average molecular weight is 690 g/mol. The highest BCUT2D eigenvalue weighted by molar-refractivity contribution is 7.87. The lowest BCUT2D eigenvalue weighted by molar-refractivity contribution is -0.140. The number of nitrogens with zero attached hydrogens (tertiary/aromatic N) is 4. The summed E-state index contributed by atoms with van der Waals surface area (Å²) in [6, 6.07) is 12.4. The van der Waals surface area contributed by atoms with E-state index in [-0.39, 0.29) is 23.4 Å². The van der Waals surface area contributed by atoms with Crippen molar-refractivity contribution in [3.63, 3.8) is 0 Å². The average Bonchev–Trinajstić information content (AvgIpc) is 3.77. The van der Waals surface area contributed by atoms with Crippen molar-refractivity contribution in [1.82, 2.24) is 23.4 Å². The van der Waals surface area contributed by atoms with Gasteiger partial charge in [0.1, 0.15) is 5.75 Å². The summed E-state index contributed by atoms with van der Waals surface area (Å²) in [5.41, 5.74) is 5.20. The van der Waals surface area contributed by atoms with Crippen LogP contribution in [0.5, 0.6) is 5.75 Å². The first kappa shape index (κ1) is 34.1. The summed E-state index contributed by atoms with van der Waals surface area (Å²) in [7, 11) is 6.75. The maximum Gasteiger partial charge on any atom is 0.303 e. The molecule has 2 amide bonds. The van der Waals surface area contributed by atoms with Gasteiger partial charge in [0.05, 0.1) is 18.2 Å². The number of aromatic nitrogens is 1. The Hall–Kier alpha value is -3.41. The lowest BCUT2D eigenvalue weighted by Crippen LogP contribution is -2.53. The number of carbonyl (C=O) groups excluding carboxylic acids is 2. The van der Waals surface area contributed by atoms with Gasteiger partial charge in [-0.05, 0) is 93.6 Å². The van der Waals surface area contributed by atoms with Crippen LogP contribution in [-0.2, 0) is 21.5 Å². The third-order valence-electron chi connectivity index (χ3n) is 12.1. The molecule has 2 unspecified atom stereocenters. The van der Waals surface area contributed by atoms with E-state index in [2.05, 4.69) is 45.3 Å². The SMILES string of the molecule is COc1ccc2c(c1)C1CC1(C(=O)N(C)[C@@H]1CCCC[C@H]1N(C)C)Cn1c-2c(C2CCCCC2)c2ccc(C(=O)NS(=O)(=O)N(C)C)cc21. The van der Waals surface area contributed by atoms with Crippen LogP contribution in [0.25, 0.3) is 22.2 Å². The number of likely N-dealkylation sites (N-methyl/N-ethyl adjacent to an activating group) is 2. The number of hydrogen-bond donors (Lipinski definition) is 1. The second kappa shape index (κ2) is 12.7. The normalized spacial score (nSPS) is 25.3. The highest BCUT2D eigenvalue weighted by Gasteiger charge is 2.64. The minimum absolute atomic E-state index is 0.0415. The van der Waals surface area contributed by atoms with Gasteiger partial charge < -0.3 is 19.1 Å². The summed E-state index contributed by atoms with van der Waals surface area (Å²) in [6.45, 7) is 0.497. The van der Waals surface area contributed by atoms with Gasteiger partial charge >= 0.3 is 10.2 Å². The number of ether oxygens (including phenoxy) is 1. The molecule has 264 valence electrons. The van der Waals surface area contributed by atoms with Crippen LogP contribution in [0.15, 0.2) is 36.4 Å². The molecule has 10 nitrogen and oxygen atoms in total. The van der Waals surface area contributed by atoms with Gasteiger partial charge in [0.15, 0.2) is 0 Å². The first-order valence-corrected chi connectivity index (χ1v) is 19.3. The number of methoxy groups -OCH3 is 1. The molecule has 1 N–H and O–H groups in total. The van der Waals surface area contributed by atoms with Crippen LogP contribution in [0.2, 0.25) is 0 Å². The van der Waals surface area contributed by atoms with Gasteiger partial charge in [-0.15, -0.1) is 0 Å². The lowest BCUT2D eigenvalue weighted by atomic mass is 9.81. The standard InChI is InChI=1S/C38H51N5O5S/c1-40(2)31-14-10-11-15-32(31)42(5)37(45)38-22-30(38)29-21-26(48-6)17-19-27(29)35-34(24-12-8-7-9-13-24)28-18-16-25(20-33(28)43(35)23-38)36(44)39-49(46,47)41(3)4/h16-21,24,30-32H,7-15,22-23H2,1-6H3,(H,39,44)/t30?,31-,32-,38?/m1/s1. The third kappa shape index (κ3) is 5.75. The summed E-state index contributed by atoms with van der Waals surface area (Å²) in [5, 5.41) is 1.07. The van der Waals surface area contributed by atoms with Crippen molar-refractivity contribution >= 4 is 32.9 Å². The van der Waals surface area contributed by atoms with Crippen LogP contribution < -0.4 is 9.46 Å². The van der Waals surface area contributed by atoms with Crippen molar-refractivity contribution in [2.75, 3.05) is 42.3 Å². The van der Waals surface area contributed by atoms with Crippen LogP contribution in [-0.4, -0.2) is 93.3 Å². The Labute approximate surface area is 290 Å². The fourth-order valence-electron chi connectivity index (χ4n) is 9.34. The molecule has 0 radical (unpaired) electrons. The molecule has 0 bridgehead atoms. The number of carbonyl (C=O) groups is 2. The van der Waals surface area contributed by atoms with Crippen LogP contribution in [0.4, 0.5) is 0 Å². The van der Waals surface area contributed by atoms with E-state index in [1.165, 1.54) is 45.3 Å². The molecule has 1 aromatic heterocycles. The van der Waals surface area contributed by atoms with E-state index in [1.807, 2.05) is 25.2 Å². The molecule has 3 aliphatic carbocycles. The number of fused-ring (bicyclic) bond motifs is 7. The lowest BCUT2D eigenvalue weighted by Gasteiger charge is -2.42. The van der Waals surface area contributed by atoms with Crippen LogP contribution in [0.1, 0.15) is 97.5 Å². The van der Waals surface area contributed by atoms with Crippen molar-refractivity contribution in [2.24, 2.45) is 5.41 Å². The van der Waals surface area contributed by atoms with Gasteiger partial charge in [0.2, 0.25) is 5.91 Å². The Morgan fingerprint density at radius 1 is 0.898 bits per heavy atom. The topological polar surface area (TPSA) is 104 Å². The van der Waals surface area contributed by atoms with Gasteiger partial charge in [-0.3, -0.25) is 9.59 Å². The quantitative estimate of drug-likeness (QED) is 0.325. The van der Waals surface area contributed by atoms with Crippen LogP contribution in [0, 0.1) is 5.41 Å². The van der Waals surface area contributed by atoms with Crippen molar-refractivity contribution in [3.05, 3.63) is 53.1 Å². The molecule has 3 saturated carbocycles. The van der Waals surface area contributed by atoms with Crippen molar-refractivity contribution in [2.45, 2.75) is 94.7 Å². The number of benzene rings is 2. The maximum absolute atomic E-state index is 15.0. The van der Waals surface area contributed by atoms with Crippen molar-refractivity contribution in [3.8, 4) is 17.0 Å². The zero-order valence-electron chi connectivity index (χ0n) is 29.8. The van der Waals surface area contributed by atoms with E-state index in [1.54, 1.807) is 13.2 Å². The highest BCUT2D eigenvalue weighted by atomic mass is 32.2. The molecule has 2 heterocycles. The molecule has 49 heavy (non-hydrogen) atoms. The summed E-state index contributed by atoms with van der Waals surface area (Å²) in [4.78, 5) is 32.8. The predicted octanol–water partition coefficient (Wildman–Crippen LogP) is 5.72. The summed E-state index contributed by atoms with van der Waals surface area (Å²) in [5.74, 6) is 0.684. The number of nitrogens with one attached hydrogen (secondary N) is 1. The second-order valence-electron chi connectivity index (χ2n) is 15.3. The van der Waals surface area contributed by atoms with Gasteiger partial charge in [-0.2, -0.15) is 12.7 Å². The molecule has 11 heteroatoms. The van der Waals surface area contributed by atoms with Gasteiger partial charge in [-0.1, -0.05) is 38.2 Å². The Morgan fingerprint density at radius 2 is 1.59 bits per heavy atom. The summed E-state index contributed by atoms with van der Waals surface area (Å²) >= 11 is 0. The molecule has 0 spiro atoms. The van der Waals surface area contributed by atoms with E-state index >= 15 is 4.79 Å². The van der Waals surface area contributed by atoms with Gasteiger partial charge in [-0.25, -0.2) is 4.72 Å². The molecule has 0 saturated heterocycles. The highest BCUT2D eigenvalue weighted by Crippen LogP contribution is 2.66. The molecule has 3 fully saturated rings. The predicted molar refractivity (Wildman–Crippen MR) is 192 cm³/mol. The summed E-state index contributed by atoms with van der Waals surface area (Å²) in [6.07, 6.45) is 10.9. The molecular weight excluding hydrogens is 639 g/mol. The third-order valence-corrected chi connectivity index (χ3v) is 13.5. The summed E-state index contributed by atoms with van der Waals surface area (Å²) < 4.78 is 36.5. The van der Waals surface area contributed by atoms with Crippen molar-refractivity contribution < 1.29 is 22.7 Å². The Balaban J connectivity index is 1.41. The van der Waals surface area contributed by atoms with Crippen LogP contribution in [0.3, 0.4) is 0 Å².